The van der Waals surface area contributed by atoms with Crippen molar-refractivity contribution < 1.29 is 14.1 Å². The molecule has 0 spiro atoms. The lowest BCUT2D eigenvalue weighted by molar-refractivity contribution is 0.0871. The number of aliphatic hydroxyl groups is 1. The minimum absolute atomic E-state index is 0.106. The Morgan fingerprint density at radius 2 is 2.11 bits per heavy atom. The van der Waals surface area contributed by atoms with E-state index in [1.165, 1.54) is 0 Å². The molecular weight excluding hydrogens is 262 g/mol. The van der Waals surface area contributed by atoms with Crippen molar-refractivity contribution in [1.29, 1.82) is 0 Å². The van der Waals surface area contributed by atoms with Gasteiger partial charge in [0.1, 0.15) is 0 Å². The molecule has 0 bridgehead atoms. The van der Waals surface area contributed by atoms with Crippen LogP contribution in [0.5, 0.6) is 0 Å². The van der Waals surface area contributed by atoms with Gasteiger partial charge in [-0.2, -0.15) is 0 Å². The van der Waals surface area contributed by atoms with Crippen LogP contribution in [0.25, 0.3) is 0 Å². The quantitative estimate of drug-likeness (QED) is 0.827. The molecule has 0 saturated carbocycles. The third kappa shape index (κ3) is 5.53. The third-order valence-corrected chi connectivity index (χ3v) is 3.54. The second-order valence-corrected chi connectivity index (χ2v) is 6.37. The average molecular weight is 283 g/mol. The standard InChI is InChI=1S/C14H21NO3S/c1-10(2)13(16)8-15-14(17)12-6-4-5-11(7-12)9-19(3)18/h4-7,10,13,16H,8-9H2,1-3H3,(H,15,17). The number of benzene rings is 1. The lowest BCUT2D eigenvalue weighted by atomic mass is 10.1. The predicted molar refractivity (Wildman–Crippen MR) is 77.4 cm³/mol. The summed E-state index contributed by atoms with van der Waals surface area (Å²) in [6, 6.07) is 7.06. The van der Waals surface area contributed by atoms with Crippen LogP contribution in [0, 0.1) is 5.92 Å². The molecule has 0 saturated heterocycles. The molecule has 5 heteroatoms. The second kappa shape index (κ2) is 7.40. The van der Waals surface area contributed by atoms with Gasteiger partial charge in [-0.3, -0.25) is 9.00 Å². The van der Waals surface area contributed by atoms with Crippen LogP contribution in [-0.2, 0) is 16.6 Å². The Morgan fingerprint density at radius 3 is 2.68 bits per heavy atom. The van der Waals surface area contributed by atoms with Crippen LogP contribution < -0.4 is 5.32 Å². The molecule has 2 unspecified atom stereocenters. The first-order valence-electron chi connectivity index (χ1n) is 6.25. The van der Waals surface area contributed by atoms with Gasteiger partial charge in [-0.05, 0) is 23.6 Å². The molecular formula is C14H21NO3S. The Kier molecular flexibility index (Phi) is 6.18. The molecule has 106 valence electrons. The van der Waals surface area contributed by atoms with E-state index in [-0.39, 0.29) is 18.4 Å². The van der Waals surface area contributed by atoms with Crippen molar-refractivity contribution >= 4 is 16.7 Å². The smallest absolute Gasteiger partial charge is 0.251 e. The first kappa shape index (κ1) is 15.9. The van der Waals surface area contributed by atoms with E-state index >= 15 is 0 Å². The fourth-order valence-electron chi connectivity index (χ4n) is 1.57. The average Bonchev–Trinajstić information content (AvgIpc) is 2.34. The summed E-state index contributed by atoms with van der Waals surface area (Å²) in [5.41, 5.74) is 1.40. The van der Waals surface area contributed by atoms with Gasteiger partial charge in [0, 0.05) is 34.9 Å². The van der Waals surface area contributed by atoms with Crippen molar-refractivity contribution in [1.82, 2.24) is 5.32 Å². The molecule has 4 nitrogen and oxygen atoms in total. The van der Waals surface area contributed by atoms with Gasteiger partial charge in [-0.25, -0.2) is 0 Å². The molecule has 1 amide bonds. The Hall–Kier alpha value is -1.20. The van der Waals surface area contributed by atoms with Gasteiger partial charge in [0.05, 0.1) is 6.10 Å². The number of hydrogen-bond donors (Lipinski definition) is 2. The van der Waals surface area contributed by atoms with Crippen LogP contribution in [0.15, 0.2) is 24.3 Å². The number of carbonyl (C=O) groups is 1. The molecule has 2 atom stereocenters. The van der Waals surface area contributed by atoms with E-state index in [1.54, 1.807) is 24.5 Å². The fraction of sp³-hybridized carbons (Fsp3) is 0.500. The zero-order chi connectivity index (χ0) is 14.4. The maximum atomic E-state index is 11.9. The molecule has 0 aliphatic rings. The van der Waals surface area contributed by atoms with Crippen LogP contribution in [0.2, 0.25) is 0 Å². The monoisotopic (exact) mass is 283 g/mol. The van der Waals surface area contributed by atoms with E-state index in [1.807, 2.05) is 19.9 Å². The van der Waals surface area contributed by atoms with Gasteiger partial charge in [0.2, 0.25) is 0 Å². The molecule has 0 aliphatic heterocycles. The van der Waals surface area contributed by atoms with Gasteiger partial charge < -0.3 is 10.4 Å². The van der Waals surface area contributed by atoms with Gasteiger partial charge in [0.25, 0.3) is 5.91 Å². The highest BCUT2D eigenvalue weighted by molar-refractivity contribution is 7.83. The molecule has 0 aromatic heterocycles. The van der Waals surface area contributed by atoms with Crippen LogP contribution >= 0.6 is 0 Å². The Bertz CT molecular complexity index is 460. The van der Waals surface area contributed by atoms with Crippen LogP contribution in [0.1, 0.15) is 29.8 Å². The number of nitrogens with one attached hydrogen (secondary N) is 1. The van der Waals surface area contributed by atoms with E-state index in [0.717, 1.165) is 5.56 Å². The SMILES string of the molecule is CC(C)C(O)CNC(=O)c1cccc(CS(C)=O)c1. The van der Waals surface area contributed by atoms with Gasteiger partial charge in [-0.1, -0.05) is 26.0 Å². The lowest BCUT2D eigenvalue weighted by Gasteiger charge is -2.15. The molecule has 2 N–H and O–H groups in total. The molecule has 1 rings (SSSR count). The van der Waals surface area contributed by atoms with Crippen molar-refractivity contribution in [3.05, 3.63) is 35.4 Å². The predicted octanol–water partition coefficient (Wildman–Crippen LogP) is 1.31. The van der Waals surface area contributed by atoms with Crippen molar-refractivity contribution in [2.45, 2.75) is 25.7 Å². The van der Waals surface area contributed by atoms with Crippen LogP contribution in [-0.4, -0.2) is 34.1 Å². The number of amides is 1. The Morgan fingerprint density at radius 1 is 1.42 bits per heavy atom. The maximum absolute atomic E-state index is 11.9. The van der Waals surface area contributed by atoms with E-state index in [2.05, 4.69) is 5.32 Å². The van der Waals surface area contributed by atoms with Gasteiger partial charge >= 0.3 is 0 Å². The second-order valence-electron chi connectivity index (χ2n) is 4.94. The molecule has 0 aliphatic carbocycles. The normalized spacial score (nSPS) is 14.2. The van der Waals surface area contributed by atoms with Crippen molar-refractivity contribution in [3.63, 3.8) is 0 Å². The molecule has 1 aromatic rings. The summed E-state index contributed by atoms with van der Waals surface area (Å²) in [6.45, 7) is 4.03. The molecule has 0 heterocycles. The summed E-state index contributed by atoms with van der Waals surface area (Å²) in [4.78, 5) is 11.9. The number of rotatable bonds is 6. The Balaban J connectivity index is 2.64. The zero-order valence-electron chi connectivity index (χ0n) is 11.6. The van der Waals surface area contributed by atoms with Crippen LogP contribution in [0.4, 0.5) is 0 Å². The molecule has 19 heavy (non-hydrogen) atoms. The highest BCUT2D eigenvalue weighted by Crippen LogP contribution is 2.08. The van der Waals surface area contributed by atoms with Crippen molar-refractivity contribution in [2.75, 3.05) is 12.8 Å². The van der Waals surface area contributed by atoms with E-state index in [0.29, 0.717) is 11.3 Å². The van der Waals surface area contributed by atoms with E-state index < -0.39 is 16.9 Å². The number of carbonyl (C=O) groups excluding carboxylic acids is 1. The van der Waals surface area contributed by atoms with Crippen LogP contribution in [0.3, 0.4) is 0 Å². The molecule has 0 radical (unpaired) electrons. The summed E-state index contributed by atoms with van der Waals surface area (Å²) in [5, 5.41) is 12.3. The highest BCUT2D eigenvalue weighted by atomic mass is 32.2. The summed E-state index contributed by atoms with van der Waals surface area (Å²) in [5.74, 6) is 0.327. The minimum atomic E-state index is -0.927. The Labute approximate surface area is 116 Å². The molecule has 0 fully saturated rings. The number of aliphatic hydroxyl groups excluding tert-OH is 1. The van der Waals surface area contributed by atoms with Gasteiger partial charge in [-0.15, -0.1) is 0 Å². The van der Waals surface area contributed by atoms with Gasteiger partial charge in [0.15, 0.2) is 0 Å². The lowest BCUT2D eigenvalue weighted by Crippen LogP contribution is -2.34. The summed E-state index contributed by atoms with van der Waals surface area (Å²) in [7, 11) is -0.927. The fourth-order valence-corrected chi connectivity index (χ4v) is 2.22. The minimum Gasteiger partial charge on any atom is -0.391 e. The highest BCUT2D eigenvalue weighted by Gasteiger charge is 2.12. The maximum Gasteiger partial charge on any atom is 0.251 e. The third-order valence-electron chi connectivity index (χ3n) is 2.80. The topological polar surface area (TPSA) is 66.4 Å². The van der Waals surface area contributed by atoms with Crippen molar-refractivity contribution in [3.8, 4) is 0 Å². The van der Waals surface area contributed by atoms with E-state index in [4.69, 9.17) is 0 Å². The summed E-state index contributed by atoms with van der Waals surface area (Å²) in [6.07, 6.45) is 1.08. The largest absolute Gasteiger partial charge is 0.391 e. The van der Waals surface area contributed by atoms with E-state index in [9.17, 15) is 14.1 Å². The zero-order valence-corrected chi connectivity index (χ0v) is 12.4. The molecule has 1 aromatic carbocycles. The summed E-state index contributed by atoms with van der Waals surface area (Å²) < 4.78 is 11.2. The number of hydrogen-bond acceptors (Lipinski definition) is 3. The summed E-state index contributed by atoms with van der Waals surface area (Å²) >= 11 is 0. The van der Waals surface area contributed by atoms with Crippen molar-refractivity contribution in [2.24, 2.45) is 5.92 Å². The first-order valence-corrected chi connectivity index (χ1v) is 7.98. The first-order chi connectivity index (χ1) is 8.90.